The third-order valence-corrected chi connectivity index (χ3v) is 6.30. The van der Waals surface area contributed by atoms with Crippen molar-refractivity contribution >= 4 is 0 Å². The Labute approximate surface area is 151 Å². The number of fused-ring (bicyclic) bond motifs is 1. The summed E-state index contributed by atoms with van der Waals surface area (Å²) in [5.74, 6) is 2.04. The molecule has 2 aliphatic rings. The zero-order chi connectivity index (χ0) is 17.1. The van der Waals surface area contributed by atoms with E-state index in [1.165, 1.54) is 49.7 Å². The smallest absolute Gasteiger partial charge is 0.115 e. The van der Waals surface area contributed by atoms with Gasteiger partial charge in [0.2, 0.25) is 0 Å². The molecule has 1 aliphatic carbocycles. The molecule has 1 aliphatic heterocycles. The minimum absolute atomic E-state index is 0.380. The predicted octanol–water partition coefficient (Wildman–Crippen LogP) is 5.23. The lowest BCUT2D eigenvalue weighted by atomic mass is 9.68. The van der Waals surface area contributed by atoms with Gasteiger partial charge in [0.25, 0.3) is 0 Å². The van der Waals surface area contributed by atoms with Gasteiger partial charge in [-0.1, -0.05) is 61.7 Å². The Morgan fingerprint density at radius 3 is 2.64 bits per heavy atom. The molecule has 2 nitrogen and oxygen atoms in total. The van der Waals surface area contributed by atoms with Crippen molar-refractivity contribution < 1.29 is 5.11 Å². The molecular formula is C23H29NO. The second-order valence-corrected chi connectivity index (χ2v) is 7.89. The standard InChI is InChI=1S/C23H29NO/c25-20-11-6-10-19(15-20)23-16-18-9-4-5-12-21(18)22(24-23)14-13-17-7-2-1-3-8-17/h1-3,6-8,10-11,15,18,21-25H,4-5,9,12-14,16H2/t18?,21?,22?,23-/m0/s1. The van der Waals surface area contributed by atoms with E-state index < -0.39 is 0 Å². The first-order valence-electron chi connectivity index (χ1n) is 9.88. The molecule has 3 unspecified atom stereocenters. The van der Waals surface area contributed by atoms with Crippen molar-refractivity contribution in [3.63, 3.8) is 0 Å². The number of benzene rings is 2. The van der Waals surface area contributed by atoms with Crippen LogP contribution in [0.1, 0.15) is 55.7 Å². The molecule has 1 saturated carbocycles. The minimum atomic E-state index is 0.380. The summed E-state index contributed by atoms with van der Waals surface area (Å²) < 4.78 is 0. The van der Waals surface area contributed by atoms with Gasteiger partial charge in [0.05, 0.1) is 0 Å². The van der Waals surface area contributed by atoms with Gasteiger partial charge >= 0.3 is 0 Å². The van der Waals surface area contributed by atoms with Crippen LogP contribution in [0, 0.1) is 11.8 Å². The molecule has 0 aromatic heterocycles. The van der Waals surface area contributed by atoms with Gasteiger partial charge in [0.1, 0.15) is 5.75 Å². The number of phenols is 1. The fourth-order valence-electron chi connectivity index (χ4n) is 5.05. The van der Waals surface area contributed by atoms with Gasteiger partial charge in [-0.2, -0.15) is 0 Å². The summed E-state index contributed by atoms with van der Waals surface area (Å²) in [5, 5.41) is 13.8. The van der Waals surface area contributed by atoms with Crippen LogP contribution in [0.15, 0.2) is 54.6 Å². The normalized spacial score (nSPS) is 29.1. The van der Waals surface area contributed by atoms with E-state index in [4.69, 9.17) is 0 Å². The topological polar surface area (TPSA) is 32.3 Å². The van der Waals surface area contributed by atoms with Crippen molar-refractivity contribution in [1.82, 2.24) is 5.32 Å². The van der Waals surface area contributed by atoms with E-state index in [9.17, 15) is 5.11 Å². The highest BCUT2D eigenvalue weighted by atomic mass is 16.3. The van der Waals surface area contributed by atoms with Crippen LogP contribution in [0.5, 0.6) is 5.75 Å². The maximum atomic E-state index is 9.87. The summed E-state index contributed by atoms with van der Waals surface area (Å²) in [6.45, 7) is 0. The van der Waals surface area contributed by atoms with Crippen LogP contribution in [0.2, 0.25) is 0 Å². The van der Waals surface area contributed by atoms with E-state index in [2.05, 4.69) is 41.7 Å². The number of phenolic OH excluding ortho intramolecular Hbond substituents is 1. The SMILES string of the molecule is Oc1cccc([C@@H]2CC3CCCCC3C(CCc3ccccc3)N2)c1. The first kappa shape index (κ1) is 16.7. The molecule has 2 N–H and O–H groups in total. The van der Waals surface area contributed by atoms with Crippen molar-refractivity contribution in [2.45, 2.75) is 57.0 Å². The van der Waals surface area contributed by atoms with Gasteiger partial charge in [0.15, 0.2) is 0 Å². The summed E-state index contributed by atoms with van der Waals surface area (Å²) in [7, 11) is 0. The van der Waals surface area contributed by atoms with Gasteiger partial charge in [-0.05, 0) is 60.8 Å². The van der Waals surface area contributed by atoms with Crippen LogP contribution >= 0.6 is 0 Å². The van der Waals surface area contributed by atoms with E-state index in [0.717, 1.165) is 18.3 Å². The Morgan fingerprint density at radius 2 is 1.80 bits per heavy atom. The number of piperidine rings is 1. The van der Waals surface area contributed by atoms with E-state index in [1.54, 1.807) is 6.07 Å². The second kappa shape index (κ2) is 7.61. The molecule has 1 heterocycles. The molecule has 0 bridgehead atoms. The van der Waals surface area contributed by atoms with Crippen LogP contribution < -0.4 is 5.32 Å². The van der Waals surface area contributed by atoms with E-state index in [-0.39, 0.29) is 0 Å². The number of hydrogen-bond donors (Lipinski definition) is 2. The third kappa shape index (κ3) is 3.90. The van der Waals surface area contributed by atoms with Crippen LogP contribution in [0.25, 0.3) is 0 Å². The quantitative estimate of drug-likeness (QED) is 0.801. The molecule has 0 radical (unpaired) electrons. The lowest BCUT2D eigenvalue weighted by molar-refractivity contribution is 0.0992. The first-order valence-corrected chi connectivity index (χ1v) is 9.88. The van der Waals surface area contributed by atoms with Crippen LogP contribution in [-0.2, 0) is 6.42 Å². The summed E-state index contributed by atoms with van der Waals surface area (Å²) >= 11 is 0. The first-order chi connectivity index (χ1) is 12.3. The zero-order valence-corrected chi connectivity index (χ0v) is 14.9. The molecule has 2 aromatic rings. The maximum Gasteiger partial charge on any atom is 0.115 e. The molecular weight excluding hydrogens is 306 g/mol. The Bertz CT molecular complexity index is 684. The zero-order valence-electron chi connectivity index (χ0n) is 14.9. The third-order valence-electron chi connectivity index (χ3n) is 6.30. The van der Waals surface area contributed by atoms with Gasteiger partial charge in [-0.25, -0.2) is 0 Å². The van der Waals surface area contributed by atoms with Crippen LogP contribution in [0.3, 0.4) is 0 Å². The molecule has 1 saturated heterocycles. The largest absolute Gasteiger partial charge is 0.508 e. The number of aryl methyl sites for hydroxylation is 1. The van der Waals surface area contributed by atoms with E-state index in [1.807, 2.05) is 12.1 Å². The van der Waals surface area contributed by atoms with Crippen molar-refractivity contribution in [3.05, 3.63) is 65.7 Å². The molecule has 0 amide bonds. The monoisotopic (exact) mass is 335 g/mol. The van der Waals surface area contributed by atoms with Crippen molar-refractivity contribution in [2.75, 3.05) is 0 Å². The van der Waals surface area contributed by atoms with E-state index in [0.29, 0.717) is 17.8 Å². The summed E-state index contributed by atoms with van der Waals surface area (Å²) in [4.78, 5) is 0. The fraction of sp³-hybridized carbons (Fsp3) is 0.478. The Morgan fingerprint density at radius 1 is 0.960 bits per heavy atom. The summed E-state index contributed by atoms with van der Waals surface area (Å²) in [5.41, 5.74) is 2.69. The second-order valence-electron chi connectivity index (χ2n) is 7.89. The predicted molar refractivity (Wildman–Crippen MR) is 103 cm³/mol. The molecule has 2 aromatic carbocycles. The fourth-order valence-corrected chi connectivity index (χ4v) is 5.05. The van der Waals surface area contributed by atoms with Gasteiger partial charge < -0.3 is 10.4 Å². The lowest BCUT2D eigenvalue weighted by Gasteiger charge is -2.46. The minimum Gasteiger partial charge on any atom is -0.508 e. The van der Waals surface area contributed by atoms with Crippen molar-refractivity contribution in [3.8, 4) is 5.75 Å². The lowest BCUT2D eigenvalue weighted by Crippen LogP contribution is -2.49. The van der Waals surface area contributed by atoms with Crippen LogP contribution in [-0.4, -0.2) is 11.1 Å². The molecule has 25 heavy (non-hydrogen) atoms. The molecule has 132 valence electrons. The van der Waals surface area contributed by atoms with Gasteiger partial charge in [0, 0.05) is 12.1 Å². The van der Waals surface area contributed by atoms with Crippen LogP contribution in [0.4, 0.5) is 0 Å². The Balaban J connectivity index is 1.50. The van der Waals surface area contributed by atoms with Crippen molar-refractivity contribution in [2.24, 2.45) is 11.8 Å². The van der Waals surface area contributed by atoms with E-state index >= 15 is 0 Å². The highest BCUT2D eigenvalue weighted by Gasteiger charge is 2.38. The van der Waals surface area contributed by atoms with Crippen molar-refractivity contribution in [1.29, 1.82) is 0 Å². The number of nitrogens with one attached hydrogen (secondary N) is 1. The number of aromatic hydroxyl groups is 1. The molecule has 0 spiro atoms. The van der Waals surface area contributed by atoms with Gasteiger partial charge in [-0.3, -0.25) is 0 Å². The Hall–Kier alpha value is -1.80. The average Bonchev–Trinajstić information content (AvgIpc) is 2.67. The Kier molecular flexibility index (Phi) is 5.07. The highest BCUT2D eigenvalue weighted by Crippen LogP contribution is 2.43. The summed E-state index contributed by atoms with van der Waals surface area (Å²) in [6.07, 6.45) is 9.11. The molecule has 2 fully saturated rings. The maximum absolute atomic E-state index is 9.87. The highest BCUT2D eigenvalue weighted by molar-refractivity contribution is 5.30. The number of hydrogen-bond acceptors (Lipinski definition) is 2. The van der Waals surface area contributed by atoms with Gasteiger partial charge in [-0.15, -0.1) is 0 Å². The molecule has 4 atom stereocenters. The average molecular weight is 335 g/mol. The summed E-state index contributed by atoms with van der Waals surface area (Å²) in [6, 6.07) is 19.7. The number of rotatable bonds is 4. The molecule has 2 heteroatoms. The molecule has 4 rings (SSSR count).